The highest BCUT2D eigenvalue weighted by Crippen LogP contribution is 2.33. The number of nitrogens with zero attached hydrogens (tertiary/aromatic N) is 3. The molecule has 0 atom stereocenters. The van der Waals surface area contributed by atoms with Crippen LogP contribution in [0.2, 0.25) is 5.02 Å². The smallest absolute Gasteiger partial charge is 0.234 e. The summed E-state index contributed by atoms with van der Waals surface area (Å²) in [4.78, 5) is 12.7. The maximum absolute atomic E-state index is 12.7. The predicted molar refractivity (Wildman–Crippen MR) is 134 cm³/mol. The molecule has 0 saturated carbocycles. The van der Waals surface area contributed by atoms with E-state index in [1.165, 1.54) is 11.8 Å². The van der Waals surface area contributed by atoms with Crippen LogP contribution in [-0.2, 0) is 4.79 Å². The Kier molecular flexibility index (Phi) is 7.01. The Labute approximate surface area is 202 Å². The van der Waals surface area contributed by atoms with Gasteiger partial charge in [-0.2, -0.15) is 0 Å². The number of hydrogen-bond donors (Lipinski definition) is 1. The summed E-state index contributed by atoms with van der Waals surface area (Å²) in [6.07, 6.45) is 0. The molecule has 0 saturated heterocycles. The zero-order valence-electron chi connectivity index (χ0n) is 18.5. The number of halogens is 1. The zero-order valence-corrected chi connectivity index (χ0v) is 20.1. The summed E-state index contributed by atoms with van der Waals surface area (Å²) in [5, 5.41) is 13.0. The molecule has 1 aromatic heterocycles. The van der Waals surface area contributed by atoms with Gasteiger partial charge in [0.05, 0.1) is 18.4 Å². The maximum Gasteiger partial charge on any atom is 0.234 e. The Morgan fingerprint density at radius 3 is 2.55 bits per heavy atom. The average Bonchev–Trinajstić information content (AvgIpc) is 3.24. The molecule has 33 heavy (non-hydrogen) atoms. The topological polar surface area (TPSA) is 69.0 Å². The lowest BCUT2D eigenvalue weighted by Crippen LogP contribution is -2.15. The molecular weight excluding hydrogens is 456 g/mol. The Balaban J connectivity index is 1.63. The number of hydrogen-bond acceptors (Lipinski definition) is 5. The second-order valence-electron chi connectivity index (χ2n) is 7.47. The summed E-state index contributed by atoms with van der Waals surface area (Å²) in [5.74, 6) is 1.37. The normalized spacial score (nSPS) is 10.8. The number of rotatable bonds is 7. The van der Waals surface area contributed by atoms with Gasteiger partial charge in [-0.1, -0.05) is 53.2 Å². The van der Waals surface area contributed by atoms with Crippen LogP contribution >= 0.6 is 23.4 Å². The van der Waals surface area contributed by atoms with Gasteiger partial charge in [0.1, 0.15) is 5.75 Å². The number of amides is 1. The number of thioether (sulfide) groups is 1. The molecule has 4 rings (SSSR count). The molecule has 0 spiro atoms. The molecule has 3 aromatic carbocycles. The molecule has 0 aliphatic heterocycles. The fourth-order valence-electron chi connectivity index (χ4n) is 3.46. The molecule has 6 nitrogen and oxygen atoms in total. The average molecular weight is 479 g/mol. The third-order valence-corrected chi connectivity index (χ3v) is 6.24. The van der Waals surface area contributed by atoms with E-state index in [1.54, 1.807) is 7.11 Å². The molecule has 8 heteroatoms. The fourth-order valence-corrected chi connectivity index (χ4v) is 4.34. The van der Waals surface area contributed by atoms with Gasteiger partial charge in [-0.25, -0.2) is 0 Å². The molecule has 0 bridgehead atoms. The minimum atomic E-state index is -0.114. The lowest BCUT2D eigenvalue weighted by molar-refractivity contribution is -0.113. The van der Waals surface area contributed by atoms with E-state index in [-0.39, 0.29) is 11.7 Å². The van der Waals surface area contributed by atoms with Crippen molar-refractivity contribution >= 4 is 35.0 Å². The third-order valence-electron chi connectivity index (χ3n) is 5.05. The number of carbonyl (C=O) groups excluding carboxylic acids is 1. The van der Waals surface area contributed by atoms with Gasteiger partial charge < -0.3 is 10.1 Å². The molecule has 0 aliphatic rings. The summed E-state index contributed by atoms with van der Waals surface area (Å²) in [5.41, 5.74) is 4.62. The molecule has 0 fully saturated rings. The number of para-hydroxylation sites is 1. The molecule has 0 radical (unpaired) electrons. The van der Waals surface area contributed by atoms with E-state index < -0.39 is 0 Å². The van der Waals surface area contributed by atoms with Crippen LogP contribution < -0.4 is 10.1 Å². The highest BCUT2D eigenvalue weighted by Gasteiger charge is 2.20. The molecule has 168 valence electrons. The maximum atomic E-state index is 12.7. The second-order valence-corrected chi connectivity index (χ2v) is 8.85. The van der Waals surface area contributed by atoms with Crippen molar-refractivity contribution in [2.24, 2.45) is 0 Å². The van der Waals surface area contributed by atoms with Crippen molar-refractivity contribution in [1.82, 2.24) is 14.8 Å². The van der Waals surface area contributed by atoms with E-state index >= 15 is 0 Å². The van der Waals surface area contributed by atoms with Crippen LogP contribution in [0, 0.1) is 13.8 Å². The lowest BCUT2D eigenvalue weighted by Gasteiger charge is -2.13. The lowest BCUT2D eigenvalue weighted by atomic mass is 10.1. The van der Waals surface area contributed by atoms with Gasteiger partial charge in [0, 0.05) is 16.4 Å². The highest BCUT2D eigenvalue weighted by atomic mass is 35.5. The summed E-state index contributed by atoms with van der Waals surface area (Å²) >= 11 is 7.42. The van der Waals surface area contributed by atoms with Crippen LogP contribution in [0.25, 0.3) is 17.1 Å². The molecule has 1 amide bonds. The SMILES string of the molecule is COc1ccccc1-c1nnc(SCC(=O)Nc2ccc(C)cc2C)n1-c1ccc(Cl)cc1. The van der Waals surface area contributed by atoms with E-state index in [4.69, 9.17) is 16.3 Å². The van der Waals surface area contributed by atoms with Crippen molar-refractivity contribution in [2.75, 3.05) is 18.2 Å². The highest BCUT2D eigenvalue weighted by molar-refractivity contribution is 7.99. The Morgan fingerprint density at radius 1 is 1.06 bits per heavy atom. The van der Waals surface area contributed by atoms with Gasteiger partial charge in [-0.15, -0.1) is 10.2 Å². The van der Waals surface area contributed by atoms with Gasteiger partial charge in [-0.05, 0) is 61.9 Å². The van der Waals surface area contributed by atoms with Crippen LogP contribution in [0.4, 0.5) is 5.69 Å². The molecule has 0 unspecified atom stereocenters. The van der Waals surface area contributed by atoms with Crippen molar-refractivity contribution in [3.05, 3.63) is 82.9 Å². The monoisotopic (exact) mass is 478 g/mol. The number of aryl methyl sites for hydroxylation is 2. The number of ether oxygens (including phenoxy) is 1. The van der Waals surface area contributed by atoms with Crippen molar-refractivity contribution < 1.29 is 9.53 Å². The van der Waals surface area contributed by atoms with Crippen molar-refractivity contribution in [1.29, 1.82) is 0 Å². The minimum Gasteiger partial charge on any atom is -0.496 e. The molecule has 0 aliphatic carbocycles. The second kappa shape index (κ2) is 10.1. The van der Waals surface area contributed by atoms with Crippen molar-refractivity contribution in [3.8, 4) is 22.8 Å². The van der Waals surface area contributed by atoms with Crippen LogP contribution in [0.15, 0.2) is 71.9 Å². The number of anilines is 1. The van der Waals surface area contributed by atoms with Gasteiger partial charge in [0.25, 0.3) is 0 Å². The van der Waals surface area contributed by atoms with Crippen LogP contribution in [0.5, 0.6) is 5.75 Å². The van der Waals surface area contributed by atoms with Gasteiger partial charge in [0.15, 0.2) is 11.0 Å². The first-order chi connectivity index (χ1) is 16.0. The zero-order chi connectivity index (χ0) is 23.4. The largest absolute Gasteiger partial charge is 0.496 e. The first kappa shape index (κ1) is 22.9. The van der Waals surface area contributed by atoms with Crippen LogP contribution in [0.1, 0.15) is 11.1 Å². The quantitative estimate of drug-likeness (QED) is 0.333. The molecular formula is C25H23ClN4O2S. The Bertz CT molecular complexity index is 1290. The third kappa shape index (κ3) is 5.21. The van der Waals surface area contributed by atoms with E-state index in [1.807, 2.05) is 85.1 Å². The van der Waals surface area contributed by atoms with E-state index in [9.17, 15) is 4.79 Å². The molecule has 4 aromatic rings. The number of methoxy groups -OCH3 is 1. The van der Waals surface area contributed by atoms with E-state index in [0.717, 1.165) is 28.1 Å². The summed E-state index contributed by atoms with van der Waals surface area (Å²) in [6.45, 7) is 4.00. The van der Waals surface area contributed by atoms with Crippen LogP contribution in [-0.4, -0.2) is 33.5 Å². The first-order valence-electron chi connectivity index (χ1n) is 10.3. The standard InChI is InChI=1S/C25H23ClN4O2S/c1-16-8-13-21(17(2)14-16)27-23(31)15-33-25-29-28-24(20-6-4-5-7-22(20)32-3)30(25)19-11-9-18(26)10-12-19/h4-14H,15H2,1-3H3,(H,27,31). The Hall–Kier alpha value is -3.29. The number of aromatic nitrogens is 3. The summed E-state index contributed by atoms with van der Waals surface area (Å²) in [6, 6.07) is 21.0. The predicted octanol–water partition coefficient (Wildman–Crippen LogP) is 5.94. The fraction of sp³-hybridized carbons (Fsp3) is 0.160. The summed E-state index contributed by atoms with van der Waals surface area (Å²) in [7, 11) is 1.62. The van der Waals surface area contributed by atoms with Gasteiger partial charge >= 0.3 is 0 Å². The number of nitrogens with one attached hydrogen (secondary N) is 1. The van der Waals surface area contributed by atoms with E-state index in [2.05, 4.69) is 15.5 Å². The first-order valence-corrected chi connectivity index (χ1v) is 11.7. The van der Waals surface area contributed by atoms with Crippen LogP contribution in [0.3, 0.4) is 0 Å². The Morgan fingerprint density at radius 2 is 1.82 bits per heavy atom. The van der Waals surface area contributed by atoms with Gasteiger partial charge in [0.2, 0.25) is 5.91 Å². The van der Waals surface area contributed by atoms with Gasteiger partial charge in [-0.3, -0.25) is 9.36 Å². The van der Waals surface area contributed by atoms with Crippen molar-refractivity contribution in [2.45, 2.75) is 19.0 Å². The number of carbonyl (C=O) groups is 1. The summed E-state index contributed by atoms with van der Waals surface area (Å²) < 4.78 is 7.44. The molecule has 1 N–H and O–H groups in total. The van der Waals surface area contributed by atoms with E-state index in [0.29, 0.717) is 21.8 Å². The molecule has 1 heterocycles. The number of benzene rings is 3. The minimum absolute atomic E-state index is 0.114. The van der Waals surface area contributed by atoms with Crippen molar-refractivity contribution in [3.63, 3.8) is 0 Å².